The van der Waals surface area contributed by atoms with Crippen LogP contribution >= 0.6 is 0 Å². The number of carbonyl (C=O) groups excluding carboxylic acids is 2. The van der Waals surface area contributed by atoms with E-state index in [1.165, 1.54) is 0 Å². The lowest BCUT2D eigenvalue weighted by Crippen LogP contribution is -2.42. The molecule has 0 spiro atoms. The van der Waals surface area contributed by atoms with E-state index in [0.29, 0.717) is 12.2 Å². The van der Waals surface area contributed by atoms with Gasteiger partial charge in [0.2, 0.25) is 0 Å². The summed E-state index contributed by atoms with van der Waals surface area (Å²) >= 11 is 0. The van der Waals surface area contributed by atoms with Gasteiger partial charge in [0.05, 0.1) is 6.04 Å². The molecule has 1 aromatic carbocycles. The molecule has 0 bridgehead atoms. The molecular weight excluding hydrogens is 306 g/mol. The number of aromatic nitrogens is 1. The third-order valence-corrected chi connectivity index (χ3v) is 4.53. The van der Waals surface area contributed by atoms with Crippen LogP contribution in [0.4, 0.5) is 4.79 Å². The minimum atomic E-state index is -0.450. The van der Waals surface area contributed by atoms with Crippen LogP contribution in [0.25, 0.3) is 10.9 Å². The maximum atomic E-state index is 12.6. The molecule has 1 atom stereocenters. The average molecular weight is 329 g/mol. The summed E-state index contributed by atoms with van der Waals surface area (Å²) in [4.78, 5) is 25.5. The number of ether oxygens (including phenoxy) is 1. The minimum Gasteiger partial charge on any atom is -0.459 e. The summed E-state index contributed by atoms with van der Waals surface area (Å²) in [5.74, 6) is -0.351. The highest BCUT2D eigenvalue weighted by molar-refractivity contribution is 5.95. The Bertz CT molecular complexity index is 753. The number of likely N-dealkylation sites (tertiary alicyclic amines) is 1. The van der Waals surface area contributed by atoms with Crippen molar-refractivity contribution < 1.29 is 14.3 Å². The number of primary amides is 1. The molecule has 3 rings (SSSR count). The molecule has 0 unspecified atom stereocenters. The van der Waals surface area contributed by atoms with E-state index < -0.39 is 6.03 Å². The van der Waals surface area contributed by atoms with Gasteiger partial charge in [-0.05, 0) is 31.4 Å². The Hall–Kier alpha value is -2.50. The smallest absolute Gasteiger partial charge is 0.355 e. The van der Waals surface area contributed by atoms with Gasteiger partial charge in [-0.2, -0.15) is 0 Å². The molecule has 2 aromatic rings. The molecule has 2 heterocycles. The number of nitrogens with zero attached hydrogens (tertiary/aromatic N) is 2. The maximum Gasteiger partial charge on any atom is 0.355 e. The monoisotopic (exact) mass is 329 g/mol. The Labute approximate surface area is 141 Å². The van der Waals surface area contributed by atoms with Gasteiger partial charge in [0.1, 0.15) is 12.3 Å². The van der Waals surface area contributed by atoms with E-state index >= 15 is 0 Å². The van der Waals surface area contributed by atoms with Crippen LogP contribution in [0.2, 0.25) is 0 Å². The van der Waals surface area contributed by atoms with Crippen LogP contribution in [0, 0.1) is 0 Å². The first kappa shape index (κ1) is 16.4. The molecule has 1 aliphatic rings. The molecule has 128 valence electrons. The maximum absolute atomic E-state index is 12.6. The highest BCUT2D eigenvalue weighted by Crippen LogP contribution is 2.22. The zero-order valence-corrected chi connectivity index (χ0v) is 13.9. The fourth-order valence-corrected chi connectivity index (χ4v) is 3.39. The predicted molar refractivity (Wildman–Crippen MR) is 91.8 cm³/mol. The van der Waals surface area contributed by atoms with Gasteiger partial charge in [-0.3, -0.25) is 0 Å². The molecule has 6 heteroatoms. The number of nitrogens with two attached hydrogens (primary N) is 1. The summed E-state index contributed by atoms with van der Waals surface area (Å²) in [5.41, 5.74) is 6.95. The second-order valence-electron chi connectivity index (χ2n) is 6.17. The first-order valence-electron chi connectivity index (χ1n) is 8.43. The summed E-state index contributed by atoms with van der Waals surface area (Å²) in [5, 5.41) is 1.03. The van der Waals surface area contributed by atoms with Crippen molar-refractivity contribution in [3.63, 3.8) is 0 Å². The molecule has 1 aliphatic heterocycles. The molecule has 2 N–H and O–H groups in total. The number of aryl methyl sites for hydroxylation is 1. The lowest BCUT2D eigenvalue weighted by Gasteiger charge is -2.22. The van der Waals surface area contributed by atoms with Crippen LogP contribution in [0.15, 0.2) is 30.3 Å². The Morgan fingerprint density at radius 3 is 2.88 bits per heavy atom. The fourth-order valence-electron chi connectivity index (χ4n) is 3.39. The van der Waals surface area contributed by atoms with E-state index in [2.05, 4.69) is 6.92 Å². The van der Waals surface area contributed by atoms with Crippen molar-refractivity contribution in [3.05, 3.63) is 36.0 Å². The lowest BCUT2D eigenvalue weighted by molar-refractivity contribution is 0.0410. The van der Waals surface area contributed by atoms with Crippen LogP contribution < -0.4 is 5.73 Å². The lowest BCUT2D eigenvalue weighted by atomic mass is 10.2. The van der Waals surface area contributed by atoms with Crippen molar-refractivity contribution in [2.75, 3.05) is 13.2 Å². The fraction of sp³-hybridized carbons (Fsp3) is 0.444. The van der Waals surface area contributed by atoms with Crippen molar-refractivity contribution >= 4 is 22.9 Å². The molecule has 24 heavy (non-hydrogen) atoms. The molecular formula is C18H23N3O3. The van der Waals surface area contributed by atoms with Crippen molar-refractivity contribution in [1.29, 1.82) is 0 Å². The second kappa shape index (κ2) is 6.95. The first-order valence-corrected chi connectivity index (χ1v) is 8.43. The summed E-state index contributed by atoms with van der Waals surface area (Å²) in [7, 11) is 0. The number of hydrogen-bond donors (Lipinski definition) is 1. The third-order valence-electron chi connectivity index (χ3n) is 4.53. The predicted octanol–water partition coefficient (Wildman–Crippen LogP) is 2.75. The standard InChI is InChI=1S/C18H23N3O3/c1-2-9-21-15-8-4-3-6-13(15)11-16(21)17(22)24-12-14-7-5-10-20(14)18(19)23/h3-4,6,8,11,14H,2,5,7,9-10,12H2,1H3,(H2,19,23)/t14-/m0/s1. The van der Waals surface area contributed by atoms with E-state index in [-0.39, 0.29) is 18.6 Å². The molecule has 2 amide bonds. The average Bonchev–Trinajstić information content (AvgIpc) is 3.18. The van der Waals surface area contributed by atoms with Gasteiger partial charge in [0, 0.05) is 24.0 Å². The zero-order chi connectivity index (χ0) is 17.1. The van der Waals surface area contributed by atoms with Gasteiger partial charge in [0.25, 0.3) is 0 Å². The molecule has 6 nitrogen and oxygen atoms in total. The number of para-hydroxylation sites is 1. The van der Waals surface area contributed by atoms with Crippen LogP contribution in [0.5, 0.6) is 0 Å². The van der Waals surface area contributed by atoms with Gasteiger partial charge in [-0.15, -0.1) is 0 Å². The number of fused-ring (bicyclic) bond motifs is 1. The highest BCUT2D eigenvalue weighted by atomic mass is 16.5. The van der Waals surface area contributed by atoms with Crippen molar-refractivity contribution in [2.24, 2.45) is 5.73 Å². The zero-order valence-electron chi connectivity index (χ0n) is 13.9. The molecule has 1 fully saturated rings. The van der Waals surface area contributed by atoms with E-state index in [1.54, 1.807) is 4.90 Å². The van der Waals surface area contributed by atoms with Crippen LogP contribution in [-0.4, -0.2) is 40.7 Å². The summed E-state index contributed by atoms with van der Waals surface area (Å²) in [6.45, 7) is 3.66. The van der Waals surface area contributed by atoms with Crippen molar-refractivity contribution in [3.8, 4) is 0 Å². The SMILES string of the molecule is CCCn1c(C(=O)OC[C@@H]2CCCN2C(N)=O)cc2ccccc21. The Kier molecular flexibility index (Phi) is 4.74. The van der Waals surface area contributed by atoms with Gasteiger partial charge >= 0.3 is 12.0 Å². The summed E-state index contributed by atoms with van der Waals surface area (Å²) in [6, 6.07) is 9.22. The molecule has 0 radical (unpaired) electrons. The third kappa shape index (κ3) is 3.09. The Morgan fingerprint density at radius 1 is 1.33 bits per heavy atom. The van der Waals surface area contributed by atoms with E-state index in [0.717, 1.165) is 36.7 Å². The van der Waals surface area contributed by atoms with Crippen LogP contribution in [0.1, 0.15) is 36.7 Å². The number of benzene rings is 1. The summed E-state index contributed by atoms with van der Waals surface area (Å²) < 4.78 is 7.50. The van der Waals surface area contributed by atoms with Gasteiger partial charge < -0.3 is 19.9 Å². The molecule has 1 saturated heterocycles. The van der Waals surface area contributed by atoms with Crippen LogP contribution in [-0.2, 0) is 11.3 Å². The first-order chi connectivity index (χ1) is 11.6. The quantitative estimate of drug-likeness (QED) is 0.857. The van der Waals surface area contributed by atoms with Gasteiger partial charge in [-0.25, -0.2) is 9.59 Å². The number of esters is 1. The topological polar surface area (TPSA) is 77.6 Å². The number of amides is 2. The van der Waals surface area contributed by atoms with E-state index in [9.17, 15) is 9.59 Å². The van der Waals surface area contributed by atoms with Gasteiger partial charge in [0.15, 0.2) is 0 Å². The van der Waals surface area contributed by atoms with Crippen molar-refractivity contribution in [2.45, 2.75) is 38.8 Å². The van der Waals surface area contributed by atoms with Gasteiger partial charge in [-0.1, -0.05) is 25.1 Å². The molecule has 0 saturated carbocycles. The largest absolute Gasteiger partial charge is 0.459 e. The Morgan fingerprint density at radius 2 is 2.12 bits per heavy atom. The number of rotatable bonds is 5. The number of urea groups is 1. The van der Waals surface area contributed by atoms with E-state index in [4.69, 9.17) is 10.5 Å². The van der Waals surface area contributed by atoms with Crippen molar-refractivity contribution in [1.82, 2.24) is 9.47 Å². The van der Waals surface area contributed by atoms with E-state index in [1.807, 2.05) is 34.9 Å². The normalized spacial score (nSPS) is 17.4. The van der Waals surface area contributed by atoms with Crippen LogP contribution in [0.3, 0.4) is 0 Å². The molecule has 0 aliphatic carbocycles. The molecule has 1 aromatic heterocycles. The number of hydrogen-bond acceptors (Lipinski definition) is 3. The summed E-state index contributed by atoms with van der Waals surface area (Å²) in [6.07, 6.45) is 2.63. The number of carbonyl (C=O) groups is 2. The second-order valence-corrected chi connectivity index (χ2v) is 6.17. The highest BCUT2D eigenvalue weighted by Gasteiger charge is 2.29. The Balaban J connectivity index is 1.76. The minimum absolute atomic E-state index is 0.115.